The second-order valence-electron chi connectivity index (χ2n) is 4.58. The van der Waals surface area contributed by atoms with Crippen LogP contribution in [0.1, 0.15) is 5.56 Å². The summed E-state index contributed by atoms with van der Waals surface area (Å²) in [5.41, 5.74) is 0.388. The van der Waals surface area contributed by atoms with Crippen molar-refractivity contribution < 1.29 is 12.6 Å². The summed E-state index contributed by atoms with van der Waals surface area (Å²) in [7, 11) is -4.16. The summed E-state index contributed by atoms with van der Waals surface area (Å²) in [6.07, 6.45) is 1.33. The summed E-state index contributed by atoms with van der Waals surface area (Å²) in [5.74, 6) is -0.156. The third-order valence-electron chi connectivity index (χ3n) is 2.89. The van der Waals surface area contributed by atoms with Crippen molar-refractivity contribution in [1.29, 1.82) is 10.5 Å². The molecule has 2 aromatic carbocycles. The molecule has 0 saturated carbocycles. The Labute approximate surface area is 159 Å². The number of hydrogen-bond acceptors (Lipinski definition) is 5. The van der Waals surface area contributed by atoms with Gasteiger partial charge in [0.2, 0.25) is 0 Å². The zero-order valence-corrected chi connectivity index (χ0v) is 15.3. The van der Waals surface area contributed by atoms with Crippen molar-refractivity contribution in [1.82, 2.24) is 0 Å². The van der Waals surface area contributed by atoms with Gasteiger partial charge in [0, 0.05) is 6.07 Å². The van der Waals surface area contributed by atoms with Crippen molar-refractivity contribution in [3.8, 4) is 17.9 Å². The molecule has 0 spiro atoms. The maximum atomic E-state index is 12.3. The van der Waals surface area contributed by atoms with Gasteiger partial charge in [-0.3, -0.25) is 0 Å². The monoisotopic (exact) mass is 412 g/mol. The SMILES string of the molecule is N#CC(C#N)=Cc1ccc(S(=O)(=O)Oc2cc(Cl)c(Cl)cc2Cl)cc1. The van der Waals surface area contributed by atoms with Gasteiger partial charge in [0.1, 0.15) is 22.6 Å². The summed E-state index contributed by atoms with van der Waals surface area (Å²) in [6.45, 7) is 0. The molecule has 9 heteroatoms. The molecule has 0 atom stereocenters. The molecule has 126 valence electrons. The molecule has 0 heterocycles. The number of allylic oxidation sites excluding steroid dienone is 1. The number of nitrogens with zero attached hydrogens (tertiary/aromatic N) is 2. The van der Waals surface area contributed by atoms with E-state index in [0.717, 1.165) is 0 Å². The van der Waals surface area contributed by atoms with Gasteiger partial charge in [0.25, 0.3) is 0 Å². The molecular weight excluding hydrogens is 407 g/mol. The van der Waals surface area contributed by atoms with Crippen LogP contribution >= 0.6 is 34.8 Å². The van der Waals surface area contributed by atoms with Crippen LogP contribution < -0.4 is 4.18 Å². The average Bonchev–Trinajstić information content (AvgIpc) is 2.57. The molecular formula is C16H7Cl3N2O3S. The number of rotatable bonds is 4. The van der Waals surface area contributed by atoms with Crippen LogP contribution in [-0.4, -0.2) is 8.42 Å². The first-order valence-electron chi connectivity index (χ1n) is 6.48. The molecule has 0 aliphatic carbocycles. The fraction of sp³-hybridized carbons (Fsp3) is 0. The van der Waals surface area contributed by atoms with Gasteiger partial charge in [0.05, 0.1) is 15.1 Å². The van der Waals surface area contributed by atoms with Crippen molar-refractivity contribution in [2.24, 2.45) is 0 Å². The minimum absolute atomic E-state index is 0.00906. The van der Waals surface area contributed by atoms with E-state index in [1.54, 1.807) is 12.1 Å². The Hall–Kier alpha value is -2.22. The Morgan fingerprint density at radius 2 is 1.52 bits per heavy atom. The van der Waals surface area contributed by atoms with Crippen molar-refractivity contribution in [3.05, 3.63) is 62.6 Å². The van der Waals surface area contributed by atoms with E-state index in [2.05, 4.69) is 0 Å². The first kappa shape index (κ1) is 19.1. The second-order valence-corrected chi connectivity index (χ2v) is 7.35. The van der Waals surface area contributed by atoms with E-state index in [9.17, 15) is 8.42 Å². The minimum atomic E-state index is -4.16. The molecule has 25 heavy (non-hydrogen) atoms. The van der Waals surface area contributed by atoms with Gasteiger partial charge in [-0.05, 0) is 29.8 Å². The van der Waals surface area contributed by atoms with E-state index in [0.29, 0.717) is 5.56 Å². The summed E-state index contributed by atoms with van der Waals surface area (Å²) in [4.78, 5) is -0.137. The van der Waals surface area contributed by atoms with E-state index in [4.69, 9.17) is 49.5 Å². The molecule has 0 aliphatic heterocycles. The first-order valence-corrected chi connectivity index (χ1v) is 9.02. The van der Waals surface area contributed by atoms with E-state index >= 15 is 0 Å². The quantitative estimate of drug-likeness (QED) is 0.406. The van der Waals surface area contributed by atoms with E-state index < -0.39 is 10.1 Å². The number of nitriles is 2. The minimum Gasteiger partial charge on any atom is -0.377 e. The average molecular weight is 414 g/mol. The molecule has 0 fully saturated rings. The highest BCUT2D eigenvalue weighted by Gasteiger charge is 2.19. The lowest BCUT2D eigenvalue weighted by Crippen LogP contribution is -2.10. The zero-order valence-electron chi connectivity index (χ0n) is 12.2. The fourth-order valence-corrected chi connectivity index (χ4v) is 3.28. The zero-order chi connectivity index (χ0) is 18.6. The molecule has 2 rings (SSSR count). The molecule has 0 saturated heterocycles. The smallest absolute Gasteiger partial charge is 0.339 e. The van der Waals surface area contributed by atoms with E-state index in [1.807, 2.05) is 0 Å². The maximum absolute atomic E-state index is 12.3. The largest absolute Gasteiger partial charge is 0.377 e. The van der Waals surface area contributed by atoms with Gasteiger partial charge in [-0.2, -0.15) is 18.9 Å². The predicted octanol–water partition coefficient (Wildman–Crippen LogP) is 4.85. The summed E-state index contributed by atoms with van der Waals surface area (Å²) in [6, 6.07) is 11.3. The van der Waals surface area contributed by atoms with Crippen LogP contribution in [0.4, 0.5) is 0 Å². The summed E-state index contributed by atoms with van der Waals surface area (Å²) in [5, 5.41) is 17.7. The Balaban J connectivity index is 2.32. The highest BCUT2D eigenvalue weighted by molar-refractivity contribution is 7.87. The molecule has 0 bridgehead atoms. The van der Waals surface area contributed by atoms with Gasteiger partial charge < -0.3 is 4.18 Å². The molecule has 0 radical (unpaired) electrons. The van der Waals surface area contributed by atoms with E-state index in [1.165, 1.54) is 42.5 Å². The van der Waals surface area contributed by atoms with Gasteiger partial charge in [-0.25, -0.2) is 0 Å². The predicted molar refractivity (Wildman–Crippen MR) is 94.9 cm³/mol. The highest BCUT2D eigenvalue weighted by Crippen LogP contribution is 2.35. The number of halogens is 3. The normalized spacial score (nSPS) is 10.4. The van der Waals surface area contributed by atoms with Crippen molar-refractivity contribution in [2.75, 3.05) is 0 Å². The molecule has 5 nitrogen and oxygen atoms in total. The van der Waals surface area contributed by atoms with Crippen LogP contribution in [0.5, 0.6) is 5.75 Å². The molecule has 0 aromatic heterocycles. The molecule has 0 N–H and O–H groups in total. The third-order valence-corrected chi connectivity index (χ3v) is 5.16. The van der Waals surface area contributed by atoms with Crippen LogP contribution in [0, 0.1) is 22.7 Å². The number of hydrogen-bond donors (Lipinski definition) is 0. The Bertz CT molecular complexity index is 1020. The van der Waals surface area contributed by atoms with Gasteiger partial charge in [-0.15, -0.1) is 0 Å². The van der Waals surface area contributed by atoms with Crippen molar-refractivity contribution in [2.45, 2.75) is 4.90 Å². The highest BCUT2D eigenvalue weighted by atomic mass is 35.5. The Morgan fingerprint density at radius 1 is 0.960 bits per heavy atom. The first-order chi connectivity index (χ1) is 11.8. The summed E-state index contributed by atoms with van der Waals surface area (Å²) >= 11 is 17.5. The standard InChI is InChI=1S/C16H7Cl3N2O3S/c17-13-6-15(19)16(7-14(13)18)24-25(22,23)12-3-1-10(2-4-12)5-11(8-20)9-21/h1-7H. The van der Waals surface area contributed by atoms with Crippen LogP contribution in [0.3, 0.4) is 0 Å². The lowest BCUT2D eigenvalue weighted by Gasteiger charge is -2.10. The molecule has 0 aliphatic rings. The van der Waals surface area contributed by atoms with Crippen LogP contribution in [0.2, 0.25) is 15.1 Å². The second kappa shape index (κ2) is 7.77. The van der Waals surface area contributed by atoms with Gasteiger partial charge in [-0.1, -0.05) is 46.9 Å². The Kier molecular flexibility index (Phi) is 5.94. The van der Waals surface area contributed by atoms with Gasteiger partial charge in [0.15, 0.2) is 5.75 Å². The molecule has 0 amide bonds. The maximum Gasteiger partial charge on any atom is 0.339 e. The fourth-order valence-electron chi connectivity index (χ4n) is 1.72. The third kappa shape index (κ3) is 4.66. The molecule has 2 aromatic rings. The Morgan fingerprint density at radius 3 is 2.08 bits per heavy atom. The van der Waals surface area contributed by atoms with Crippen LogP contribution in [0.25, 0.3) is 6.08 Å². The molecule has 0 unspecified atom stereocenters. The lowest BCUT2D eigenvalue weighted by molar-refractivity contribution is 0.486. The van der Waals surface area contributed by atoms with Gasteiger partial charge >= 0.3 is 10.1 Å². The topological polar surface area (TPSA) is 91.0 Å². The van der Waals surface area contributed by atoms with Crippen molar-refractivity contribution in [3.63, 3.8) is 0 Å². The van der Waals surface area contributed by atoms with Crippen molar-refractivity contribution >= 4 is 51.0 Å². The number of benzene rings is 2. The van der Waals surface area contributed by atoms with Crippen LogP contribution in [0.15, 0.2) is 46.9 Å². The lowest BCUT2D eigenvalue weighted by atomic mass is 10.1. The van der Waals surface area contributed by atoms with Crippen LogP contribution in [-0.2, 0) is 10.1 Å². The summed E-state index contributed by atoms with van der Waals surface area (Å²) < 4.78 is 29.6. The van der Waals surface area contributed by atoms with E-state index in [-0.39, 0.29) is 31.3 Å².